The summed E-state index contributed by atoms with van der Waals surface area (Å²) in [6, 6.07) is 14.6. The Labute approximate surface area is 180 Å². The molecule has 31 heavy (non-hydrogen) atoms. The van der Waals surface area contributed by atoms with Crippen molar-refractivity contribution in [1.82, 2.24) is 9.88 Å². The van der Waals surface area contributed by atoms with Crippen molar-refractivity contribution in [2.75, 3.05) is 38.6 Å². The molecule has 0 aliphatic carbocycles. The maximum atomic E-state index is 8.69. The highest BCUT2D eigenvalue weighted by atomic mass is 16.5. The number of fused-ring (bicyclic) bond motifs is 1. The van der Waals surface area contributed by atoms with Crippen LogP contribution in [0.1, 0.15) is 16.7 Å². The van der Waals surface area contributed by atoms with Gasteiger partial charge in [0.2, 0.25) is 0 Å². The van der Waals surface area contributed by atoms with E-state index >= 15 is 0 Å². The number of nitrogens with one attached hydrogen (secondary N) is 2. The SMILES string of the molecule is N=C(N=C(N)CN1CCOCC1)c1ccc(N)c(C(=N)c2ccc3ncccc3c2)c1. The Balaban J connectivity index is 1.56. The number of hydrogen-bond donors (Lipinski definition) is 4. The number of hydrogen-bond acceptors (Lipinski definition) is 6. The first-order chi connectivity index (χ1) is 15.0. The van der Waals surface area contributed by atoms with Crippen LogP contribution in [0.5, 0.6) is 0 Å². The average Bonchev–Trinajstić information content (AvgIpc) is 2.79. The van der Waals surface area contributed by atoms with E-state index in [-0.39, 0.29) is 11.5 Å². The third-order valence-electron chi connectivity index (χ3n) is 5.23. The summed E-state index contributed by atoms with van der Waals surface area (Å²) in [5.74, 6) is 0.421. The monoisotopic (exact) mass is 415 g/mol. The second kappa shape index (κ2) is 9.03. The van der Waals surface area contributed by atoms with Crippen LogP contribution in [-0.4, -0.2) is 60.1 Å². The molecule has 1 aromatic heterocycles. The Morgan fingerprint density at radius 1 is 1.06 bits per heavy atom. The lowest BCUT2D eigenvalue weighted by Crippen LogP contribution is -2.41. The number of ether oxygens (including phenoxy) is 1. The number of nitrogens with two attached hydrogens (primary N) is 2. The first kappa shape index (κ1) is 20.6. The third-order valence-corrected chi connectivity index (χ3v) is 5.23. The van der Waals surface area contributed by atoms with Gasteiger partial charge in [-0.05, 0) is 36.4 Å². The number of amidine groups is 2. The molecule has 0 bridgehead atoms. The summed E-state index contributed by atoms with van der Waals surface area (Å²) in [4.78, 5) is 10.7. The van der Waals surface area contributed by atoms with Crippen LogP contribution in [0.15, 0.2) is 59.7 Å². The highest BCUT2D eigenvalue weighted by molar-refractivity contribution is 6.16. The zero-order valence-corrected chi connectivity index (χ0v) is 17.1. The molecule has 0 unspecified atom stereocenters. The van der Waals surface area contributed by atoms with Gasteiger partial charge in [0.25, 0.3) is 0 Å². The van der Waals surface area contributed by atoms with Crippen LogP contribution < -0.4 is 11.5 Å². The molecule has 1 aliphatic heterocycles. The van der Waals surface area contributed by atoms with Crippen LogP contribution in [0, 0.1) is 10.8 Å². The fraction of sp³-hybridized carbons (Fsp3) is 0.217. The van der Waals surface area contributed by atoms with Gasteiger partial charge in [0.1, 0.15) is 5.84 Å². The Morgan fingerprint density at radius 3 is 2.65 bits per heavy atom. The van der Waals surface area contributed by atoms with E-state index in [0.717, 1.165) is 29.6 Å². The van der Waals surface area contributed by atoms with Crippen LogP contribution >= 0.6 is 0 Å². The summed E-state index contributed by atoms with van der Waals surface area (Å²) in [5, 5.41) is 18.0. The van der Waals surface area contributed by atoms with Crippen molar-refractivity contribution >= 4 is 34.0 Å². The predicted octanol–water partition coefficient (Wildman–Crippen LogP) is 2.25. The molecule has 2 aromatic carbocycles. The Morgan fingerprint density at radius 2 is 1.84 bits per heavy atom. The van der Waals surface area contributed by atoms with Gasteiger partial charge < -0.3 is 16.2 Å². The average molecular weight is 416 g/mol. The van der Waals surface area contributed by atoms with E-state index in [9.17, 15) is 0 Å². The summed E-state index contributed by atoms with van der Waals surface area (Å²) >= 11 is 0. The lowest BCUT2D eigenvalue weighted by molar-refractivity contribution is 0.0452. The second-order valence-corrected chi connectivity index (χ2v) is 7.43. The number of aliphatic imine (C=N–C) groups is 1. The van der Waals surface area contributed by atoms with Gasteiger partial charge in [-0.15, -0.1) is 0 Å². The molecular weight excluding hydrogens is 390 g/mol. The number of pyridine rings is 1. The minimum atomic E-state index is 0.0440. The summed E-state index contributed by atoms with van der Waals surface area (Å²) in [5.41, 5.74) is 15.7. The van der Waals surface area contributed by atoms with E-state index in [4.69, 9.17) is 27.0 Å². The number of rotatable bonds is 5. The van der Waals surface area contributed by atoms with Crippen LogP contribution in [0.2, 0.25) is 0 Å². The molecule has 4 rings (SSSR count). The van der Waals surface area contributed by atoms with Crippen molar-refractivity contribution in [2.45, 2.75) is 0 Å². The summed E-state index contributed by atoms with van der Waals surface area (Å²) in [6.07, 6.45) is 1.74. The summed E-state index contributed by atoms with van der Waals surface area (Å²) in [6.45, 7) is 3.45. The topological polar surface area (TPSA) is 137 Å². The first-order valence-corrected chi connectivity index (χ1v) is 10.1. The lowest BCUT2D eigenvalue weighted by Gasteiger charge is -2.26. The normalized spacial score (nSPS) is 15.2. The van der Waals surface area contributed by atoms with E-state index in [1.807, 2.05) is 30.3 Å². The van der Waals surface area contributed by atoms with Crippen LogP contribution in [0.25, 0.3) is 10.9 Å². The molecule has 0 spiro atoms. The van der Waals surface area contributed by atoms with E-state index in [1.54, 1.807) is 24.4 Å². The standard InChI is InChI=1S/C23H25N7O/c24-19-5-3-17(23(27)29-21(25)14-30-8-10-31-11-9-30)13-18(19)22(26)16-4-6-20-15(12-16)2-1-7-28-20/h1-7,12-13,26H,8-11,14,24H2,(H3,25,27,29). The molecule has 6 N–H and O–H groups in total. The van der Waals surface area contributed by atoms with E-state index in [0.29, 0.717) is 42.4 Å². The van der Waals surface area contributed by atoms with Gasteiger partial charge in [-0.25, -0.2) is 4.99 Å². The van der Waals surface area contributed by atoms with Crippen molar-refractivity contribution < 1.29 is 4.74 Å². The minimum Gasteiger partial charge on any atom is -0.398 e. The molecule has 8 nitrogen and oxygen atoms in total. The highest BCUT2D eigenvalue weighted by Crippen LogP contribution is 2.21. The minimum absolute atomic E-state index is 0.0440. The van der Waals surface area contributed by atoms with Gasteiger partial charge in [-0.3, -0.25) is 20.7 Å². The van der Waals surface area contributed by atoms with Crippen molar-refractivity contribution in [1.29, 1.82) is 10.8 Å². The van der Waals surface area contributed by atoms with Gasteiger partial charge in [0.05, 0.1) is 31.0 Å². The van der Waals surface area contributed by atoms with Crippen molar-refractivity contribution in [3.8, 4) is 0 Å². The fourth-order valence-electron chi connectivity index (χ4n) is 3.54. The zero-order chi connectivity index (χ0) is 21.8. The van der Waals surface area contributed by atoms with Gasteiger partial charge in [-0.1, -0.05) is 12.1 Å². The Bertz CT molecular complexity index is 1170. The molecule has 0 amide bonds. The van der Waals surface area contributed by atoms with Crippen molar-refractivity contribution in [2.24, 2.45) is 10.7 Å². The second-order valence-electron chi connectivity index (χ2n) is 7.43. The molecule has 1 aliphatic rings. The zero-order valence-electron chi connectivity index (χ0n) is 17.1. The first-order valence-electron chi connectivity index (χ1n) is 10.1. The smallest absolute Gasteiger partial charge is 0.153 e. The molecule has 3 aromatic rings. The number of morpholine rings is 1. The summed E-state index contributed by atoms with van der Waals surface area (Å²) in [7, 11) is 0. The third kappa shape index (κ3) is 4.76. The van der Waals surface area contributed by atoms with Gasteiger partial charge in [0.15, 0.2) is 5.84 Å². The maximum absolute atomic E-state index is 8.69. The predicted molar refractivity (Wildman–Crippen MR) is 124 cm³/mol. The number of benzene rings is 2. The Kier molecular flexibility index (Phi) is 6.01. The summed E-state index contributed by atoms with van der Waals surface area (Å²) < 4.78 is 5.34. The van der Waals surface area contributed by atoms with E-state index < -0.39 is 0 Å². The molecule has 0 atom stereocenters. The van der Waals surface area contributed by atoms with Gasteiger partial charge in [-0.2, -0.15) is 0 Å². The van der Waals surface area contributed by atoms with Crippen LogP contribution in [0.4, 0.5) is 5.69 Å². The number of nitrogens with zero attached hydrogens (tertiary/aromatic N) is 3. The molecule has 8 heteroatoms. The molecule has 158 valence electrons. The van der Waals surface area contributed by atoms with Crippen LogP contribution in [0.3, 0.4) is 0 Å². The lowest BCUT2D eigenvalue weighted by atomic mass is 9.97. The van der Waals surface area contributed by atoms with Gasteiger partial charge >= 0.3 is 0 Å². The number of anilines is 1. The number of nitrogen functional groups attached to an aromatic ring is 1. The molecular formula is C23H25N7O. The molecule has 1 saturated heterocycles. The molecule has 0 saturated carbocycles. The largest absolute Gasteiger partial charge is 0.398 e. The van der Waals surface area contributed by atoms with E-state index in [1.165, 1.54) is 0 Å². The maximum Gasteiger partial charge on any atom is 0.153 e. The number of aromatic nitrogens is 1. The van der Waals surface area contributed by atoms with Crippen LogP contribution in [-0.2, 0) is 4.74 Å². The van der Waals surface area contributed by atoms with Gasteiger partial charge in [0, 0.05) is 47.1 Å². The van der Waals surface area contributed by atoms with E-state index in [2.05, 4.69) is 14.9 Å². The fourth-order valence-corrected chi connectivity index (χ4v) is 3.54. The highest BCUT2D eigenvalue weighted by Gasteiger charge is 2.14. The van der Waals surface area contributed by atoms with Crippen molar-refractivity contribution in [3.63, 3.8) is 0 Å². The van der Waals surface area contributed by atoms with Crippen molar-refractivity contribution in [3.05, 3.63) is 71.4 Å². The quantitative estimate of drug-likeness (QED) is 0.288. The molecule has 2 heterocycles. The Hall–Kier alpha value is -3.62. The molecule has 0 radical (unpaired) electrons. The molecule has 1 fully saturated rings.